The Kier molecular flexibility index (Phi) is 2.57. The Bertz CT molecular complexity index is 546. The Morgan fingerprint density at radius 2 is 2.00 bits per heavy atom. The number of nitrogen functional groups attached to an aromatic ring is 1. The fraction of sp³-hybridized carbons (Fsp3) is 0.182. The zero-order valence-corrected chi connectivity index (χ0v) is 8.88. The molecule has 0 aliphatic carbocycles. The van der Waals surface area contributed by atoms with E-state index in [1.807, 2.05) is 0 Å². The highest BCUT2D eigenvalue weighted by atomic mass is 19.4. The number of alkyl halides is 3. The maximum absolute atomic E-state index is 12.8. The molecule has 0 atom stereocenters. The smallest absolute Gasteiger partial charge is 0.417 e. The number of anilines is 1. The number of aromatic nitrogens is 1. The molecule has 0 aliphatic heterocycles. The van der Waals surface area contributed by atoms with E-state index in [2.05, 4.69) is 4.98 Å². The Morgan fingerprint density at radius 3 is 2.53 bits per heavy atom. The maximum atomic E-state index is 12.8. The van der Waals surface area contributed by atoms with Crippen LogP contribution in [-0.4, -0.2) is 4.98 Å². The summed E-state index contributed by atoms with van der Waals surface area (Å²) in [5.41, 5.74) is 5.25. The minimum atomic E-state index is -4.47. The van der Waals surface area contributed by atoms with Gasteiger partial charge < -0.3 is 10.2 Å². The van der Waals surface area contributed by atoms with E-state index in [4.69, 9.17) is 10.2 Å². The fourth-order valence-corrected chi connectivity index (χ4v) is 1.46. The van der Waals surface area contributed by atoms with Crippen molar-refractivity contribution < 1.29 is 17.6 Å². The van der Waals surface area contributed by atoms with E-state index in [1.54, 1.807) is 6.92 Å². The second-order valence-electron chi connectivity index (χ2n) is 3.60. The van der Waals surface area contributed by atoms with Gasteiger partial charge in [-0.05, 0) is 25.1 Å². The second-order valence-corrected chi connectivity index (χ2v) is 3.60. The summed E-state index contributed by atoms with van der Waals surface area (Å²) in [6, 6.07) is 3.32. The third-order valence-corrected chi connectivity index (χ3v) is 2.20. The predicted molar refractivity (Wildman–Crippen MR) is 56.1 cm³/mol. The highest BCUT2D eigenvalue weighted by Gasteiger charge is 2.34. The van der Waals surface area contributed by atoms with Crippen molar-refractivity contribution in [3.63, 3.8) is 0 Å². The molecule has 90 valence electrons. The van der Waals surface area contributed by atoms with Crippen LogP contribution >= 0.6 is 0 Å². The first-order valence-electron chi connectivity index (χ1n) is 4.77. The van der Waals surface area contributed by atoms with E-state index in [0.29, 0.717) is 5.69 Å². The van der Waals surface area contributed by atoms with E-state index >= 15 is 0 Å². The van der Waals surface area contributed by atoms with Crippen LogP contribution in [-0.2, 0) is 6.18 Å². The van der Waals surface area contributed by atoms with E-state index in [0.717, 1.165) is 6.07 Å². The summed E-state index contributed by atoms with van der Waals surface area (Å²) < 4.78 is 43.3. The molecular weight excluding hydrogens is 233 g/mol. The van der Waals surface area contributed by atoms with Crippen LogP contribution in [0.25, 0.3) is 11.5 Å². The molecule has 0 fully saturated rings. The third-order valence-electron chi connectivity index (χ3n) is 2.20. The van der Waals surface area contributed by atoms with E-state index in [9.17, 15) is 13.2 Å². The lowest BCUT2D eigenvalue weighted by Crippen LogP contribution is -2.07. The molecule has 0 saturated heterocycles. The Morgan fingerprint density at radius 1 is 1.29 bits per heavy atom. The maximum Gasteiger partial charge on any atom is 0.417 e. The first kappa shape index (κ1) is 11.5. The van der Waals surface area contributed by atoms with Crippen LogP contribution in [0, 0.1) is 6.92 Å². The number of hydrogen-bond acceptors (Lipinski definition) is 3. The molecule has 6 heteroatoms. The largest absolute Gasteiger partial charge is 0.444 e. The minimum absolute atomic E-state index is 0.0814. The summed E-state index contributed by atoms with van der Waals surface area (Å²) >= 11 is 0. The average molecular weight is 242 g/mol. The second kappa shape index (κ2) is 3.80. The van der Waals surface area contributed by atoms with Crippen molar-refractivity contribution >= 4 is 5.69 Å². The number of halogens is 3. The molecular formula is C11H9F3N2O. The van der Waals surface area contributed by atoms with E-state index < -0.39 is 11.7 Å². The van der Waals surface area contributed by atoms with Gasteiger partial charge in [-0.1, -0.05) is 0 Å². The molecule has 1 heterocycles. The molecule has 0 saturated carbocycles. The van der Waals surface area contributed by atoms with Gasteiger partial charge in [0, 0.05) is 5.69 Å². The van der Waals surface area contributed by atoms with Crippen molar-refractivity contribution in [3.8, 4) is 11.5 Å². The normalized spacial score (nSPS) is 11.8. The number of nitrogens with zero attached hydrogens (tertiary/aromatic N) is 1. The lowest BCUT2D eigenvalue weighted by atomic mass is 10.1. The third kappa shape index (κ3) is 2.25. The van der Waals surface area contributed by atoms with Crippen LogP contribution in [0.1, 0.15) is 11.3 Å². The molecule has 2 N–H and O–H groups in total. The Balaban J connectivity index is 2.63. The lowest BCUT2D eigenvalue weighted by molar-refractivity contribution is -0.137. The molecule has 1 aromatic heterocycles. The summed E-state index contributed by atoms with van der Waals surface area (Å²) in [5, 5.41) is 0. The first-order valence-corrected chi connectivity index (χ1v) is 4.77. The standard InChI is InChI=1S/C11H9F3N2O/c1-6-5-17-10(16-6)8-4-7(15)2-3-9(8)11(12,13)14/h2-5H,15H2,1H3. The predicted octanol–water partition coefficient (Wildman–Crippen LogP) is 3.25. The molecule has 2 rings (SSSR count). The summed E-state index contributed by atoms with van der Waals surface area (Å²) in [6.45, 7) is 1.63. The van der Waals surface area contributed by atoms with Gasteiger partial charge in [0.2, 0.25) is 5.89 Å². The van der Waals surface area contributed by atoms with Crippen molar-refractivity contribution in [2.75, 3.05) is 5.73 Å². The number of hydrogen-bond donors (Lipinski definition) is 1. The van der Waals surface area contributed by atoms with Crippen LogP contribution in [0.2, 0.25) is 0 Å². The first-order chi connectivity index (χ1) is 7.88. The number of oxazole rings is 1. The van der Waals surface area contributed by atoms with Crippen LogP contribution in [0.15, 0.2) is 28.9 Å². The van der Waals surface area contributed by atoms with Crippen molar-refractivity contribution in [3.05, 3.63) is 35.7 Å². The molecule has 3 nitrogen and oxygen atoms in total. The minimum Gasteiger partial charge on any atom is -0.444 e. The van der Waals surface area contributed by atoms with Crippen LogP contribution in [0.5, 0.6) is 0 Å². The van der Waals surface area contributed by atoms with Gasteiger partial charge in [0.05, 0.1) is 16.8 Å². The van der Waals surface area contributed by atoms with Gasteiger partial charge in [0.25, 0.3) is 0 Å². The summed E-state index contributed by atoms with van der Waals surface area (Å²) in [7, 11) is 0. The molecule has 0 radical (unpaired) electrons. The van der Waals surface area contributed by atoms with Gasteiger partial charge in [-0.3, -0.25) is 0 Å². The Hall–Kier alpha value is -1.98. The van der Waals surface area contributed by atoms with Gasteiger partial charge in [-0.15, -0.1) is 0 Å². The van der Waals surface area contributed by atoms with E-state index in [1.165, 1.54) is 18.4 Å². The molecule has 0 amide bonds. The molecule has 1 aromatic carbocycles. The van der Waals surface area contributed by atoms with Crippen molar-refractivity contribution in [1.82, 2.24) is 4.98 Å². The molecule has 17 heavy (non-hydrogen) atoms. The quantitative estimate of drug-likeness (QED) is 0.781. The summed E-state index contributed by atoms with van der Waals surface area (Å²) in [4.78, 5) is 3.87. The van der Waals surface area contributed by atoms with E-state index in [-0.39, 0.29) is 17.1 Å². The molecule has 2 aromatic rings. The van der Waals surface area contributed by atoms with Gasteiger partial charge >= 0.3 is 6.18 Å². The van der Waals surface area contributed by atoms with Gasteiger partial charge in [-0.25, -0.2) is 4.98 Å². The average Bonchev–Trinajstić information content (AvgIpc) is 2.62. The number of benzene rings is 1. The van der Waals surface area contributed by atoms with Crippen LogP contribution in [0.3, 0.4) is 0 Å². The van der Waals surface area contributed by atoms with Crippen LogP contribution < -0.4 is 5.73 Å². The monoisotopic (exact) mass is 242 g/mol. The fourth-order valence-electron chi connectivity index (χ4n) is 1.46. The van der Waals surface area contributed by atoms with Crippen molar-refractivity contribution in [2.45, 2.75) is 13.1 Å². The number of aryl methyl sites for hydroxylation is 1. The molecule has 0 bridgehead atoms. The van der Waals surface area contributed by atoms with Crippen molar-refractivity contribution in [1.29, 1.82) is 0 Å². The zero-order valence-electron chi connectivity index (χ0n) is 8.88. The van der Waals surface area contributed by atoms with Gasteiger partial charge in [0.1, 0.15) is 6.26 Å². The summed E-state index contributed by atoms with van der Waals surface area (Å²) in [6.07, 6.45) is -3.18. The number of nitrogens with two attached hydrogens (primary N) is 1. The summed E-state index contributed by atoms with van der Waals surface area (Å²) in [5.74, 6) is -0.0814. The van der Waals surface area contributed by atoms with Gasteiger partial charge in [-0.2, -0.15) is 13.2 Å². The molecule has 0 unspecified atom stereocenters. The Labute approximate surface area is 95.1 Å². The number of rotatable bonds is 1. The SMILES string of the molecule is Cc1coc(-c2cc(N)ccc2C(F)(F)F)n1. The molecule has 0 spiro atoms. The highest BCUT2D eigenvalue weighted by Crippen LogP contribution is 2.37. The topological polar surface area (TPSA) is 52.0 Å². The lowest BCUT2D eigenvalue weighted by Gasteiger charge is -2.10. The van der Waals surface area contributed by atoms with Crippen molar-refractivity contribution in [2.24, 2.45) is 0 Å². The molecule has 0 aliphatic rings. The van der Waals surface area contributed by atoms with Gasteiger partial charge in [0.15, 0.2) is 0 Å². The van der Waals surface area contributed by atoms with Crippen LogP contribution in [0.4, 0.5) is 18.9 Å². The highest BCUT2D eigenvalue weighted by molar-refractivity contribution is 5.65. The zero-order chi connectivity index (χ0) is 12.6.